The molecule has 0 aromatic rings. The molecule has 4 saturated carbocycles. The van der Waals surface area contributed by atoms with Gasteiger partial charge in [0, 0.05) is 6.04 Å². The molecule has 0 amide bonds. The molecule has 0 saturated heterocycles. The van der Waals surface area contributed by atoms with E-state index in [2.05, 4.69) is 5.32 Å². The SMILES string of the molecule is CNC(COCC(F)F)C12CC3CC(CC(C3)C1)C2. The van der Waals surface area contributed by atoms with Crippen molar-refractivity contribution in [1.82, 2.24) is 5.32 Å². The van der Waals surface area contributed by atoms with Crippen molar-refractivity contribution in [2.24, 2.45) is 23.2 Å². The highest BCUT2D eigenvalue weighted by Crippen LogP contribution is 2.61. The highest BCUT2D eigenvalue weighted by molar-refractivity contribution is 5.05. The summed E-state index contributed by atoms with van der Waals surface area (Å²) >= 11 is 0. The lowest BCUT2D eigenvalue weighted by atomic mass is 9.48. The Morgan fingerprint density at radius 2 is 1.58 bits per heavy atom. The van der Waals surface area contributed by atoms with Crippen LogP contribution in [0.4, 0.5) is 8.78 Å². The minimum Gasteiger partial charge on any atom is -0.374 e. The number of ether oxygens (including phenoxy) is 1. The fourth-order valence-electron chi connectivity index (χ4n) is 5.45. The third kappa shape index (κ3) is 2.66. The zero-order valence-electron chi connectivity index (χ0n) is 11.7. The summed E-state index contributed by atoms with van der Waals surface area (Å²) in [6.45, 7) is 0.0115. The molecule has 1 atom stereocenters. The van der Waals surface area contributed by atoms with Crippen LogP contribution < -0.4 is 5.32 Å². The predicted octanol–water partition coefficient (Wildman–Crippen LogP) is 3.07. The van der Waals surface area contributed by atoms with Crippen LogP contribution >= 0.6 is 0 Å². The number of rotatable bonds is 6. The summed E-state index contributed by atoms with van der Waals surface area (Å²) < 4.78 is 29.6. The minimum absolute atomic E-state index is 0.250. The van der Waals surface area contributed by atoms with Crippen molar-refractivity contribution in [3.63, 3.8) is 0 Å². The standard InChI is InChI=1S/C15H25F2NO/c1-18-13(8-19-9-14(16)17)15-5-10-2-11(6-15)4-12(3-10)7-15/h10-14,18H,2-9H2,1H3. The Hall–Kier alpha value is -0.220. The Kier molecular flexibility index (Phi) is 3.82. The predicted molar refractivity (Wildman–Crippen MR) is 70.3 cm³/mol. The van der Waals surface area contributed by atoms with E-state index < -0.39 is 13.0 Å². The Balaban J connectivity index is 1.65. The molecule has 0 aromatic heterocycles. The summed E-state index contributed by atoms with van der Waals surface area (Å²) in [5.74, 6) is 2.66. The Morgan fingerprint density at radius 1 is 1.05 bits per heavy atom. The molecule has 0 aliphatic heterocycles. The van der Waals surface area contributed by atoms with Gasteiger partial charge >= 0.3 is 0 Å². The van der Waals surface area contributed by atoms with Crippen molar-refractivity contribution in [3.8, 4) is 0 Å². The number of hydrogen-bond acceptors (Lipinski definition) is 2. The average molecular weight is 273 g/mol. The Labute approximate surface area is 114 Å². The van der Waals surface area contributed by atoms with E-state index in [9.17, 15) is 8.78 Å². The molecular weight excluding hydrogens is 248 g/mol. The molecule has 0 spiro atoms. The second-order valence-electron chi connectivity index (χ2n) is 7.05. The molecular formula is C15H25F2NO. The highest BCUT2D eigenvalue weighted by Gasteiger charge is 2.53. The van der Waals surface area contributed by atoms with Crippen LogP contribution in [0.3, 0.4) is 0 Å². The molecule has 0 aromatic carbocycles. The first-order valence-corrected chi connectivity index (χ1v) is 7.64. The highest BCUT2D eigenvalue weighted by atomic mass is 19.3. The van der Waals surface area contributed by atoms with Crippen LogP contribution in [0.2, 0.25) is 0 Å². The monoisotopic (exact) mass is 273 g/mol. The zero-order chi connectivity index (χ0) is 13.5. The molecule has 4 aliphatic carbocycles. The Morgan fingerprint density at radius 3 is 2.00 bits per heavy atom. The van der Waals surface area contributed by atoms with Crippen molar-refractivity contribution < 1.29 is 13.5 Å². The van der Waals surface area contributed by atoms with Crippen LogP contribution in [-0.2, 0) is 4.74 Å². The van der Waals surface area contributed by atoms with Crippen LogP contribution in [-0.4, -0.2) is 32.7 Å². The smallest absolute Gasteiger partial charge is 0.261 e. The van der Waals surface area contributed by atoms with Crippen LogP contribution in [0, 0.1) is 23.2 Å². The summed E-state index contributed by atoms with van der Waals surface area (Å²) in [6, 6.07) is 0.250. The second kappa shape index (κ2) is 5.28. The molecule has 4 fully saturated rings. The van der Waals surface area contributed by atoms with Gasteiger partial charge in [-0.3, -0.25) is 0 Å². The summed E-state index contributed by atoms with van der Waals surface area (Å²) in [7, 11) is 1.95. The summed E-state index contributed by atoms with van der Waals surface area (Å²) in [4.78, 5) is 0. The van der Waals surface area contributed by atoms with Gasteiger partial charge in [0.05, 0.1) is 6.61 Å². The number of halogens is 2. The lowest BCUT2D eigenvalue weighted by Gasteiger charge is -2.59. The second-order valence-corrected chi connectivity index (χ2v) is 7.05. The summed E-state index contributed by atoms with van der Waals surface area (Å²) in [5.41, 5.74) is 0.325. The zero-order valence-corrected chi connectivity index (χ0v) is 11.7. The molecule has 4 rings (SSSR count). The van der Waals surface area contributed by atoms with Crippen molar-refractivity contribution in [3.05, 3.63) is 0 Å². The van der Waals surface area contributed by atoms with Crippen LogP contribution in [0.5, 0.6) is 0 Å². The average Bonchev–Trinajstić information content (AvgIpc) is 2.32. The quantitative estimate of drug-likeness (QED) is 0.803. The normalized spacial score (nSPS) is 42.0. The lowest BCUT2D eigenvalue weighted by molar-refractivity contribution is -0.0932. The fraction of sp³-hybridized carbons (Fsp3) is 1.00. The van der Waals surface area contributed by atoms with E-state index in [1.54, 1.807) is 0 Å². The van der Waals surface area contributed by atoms with Crippen LogP contribution in [0.25, 0.3) is 0 Å². The first-order chi connectivity index (χ1) is 9.11. The minimum atomic E-state index is -2.35. The van der Waals surface area contributed by atoms with Crippen LogP contribution in [0.15, 0.2) is 0 Å². The van der Waals surface area contributed by atoms with Gasteiger partial charge in [0.2, 0.25) is 0 Å². The maximum Gasteiger partial charge on any atom is 0.261 e. The van der Waals surface area contributed by atoms with Crippen molar-refractivity contribution in [2.75, 3.05) is 20.3 Å². The summed E-state index contributed by atoms with van der Waals surface area (Å²) in [6.07, 6.45) is 5.72. The number of likely N-dealkylation sites (N-methyl/N-ethyl adjacent to an activating group) is 1. The van der Waals surface area contributed by atoms with Gasteiger partial charge < -0.3 is 10.1 Å². The van der Waals surface area contributed by atoms with Crippen molar-refractivity contribution in [1.29, 1.82) is 0 Å². The molecule has 1 N–H and O–H groups in total. The maximum atomic E-state index is 12.2. The molecule has 0 radical (unpaired) electrons. The molecule has 1 unspecified atom stereocenters. The van der Waals surface area contributed by atoms with Crippen LogP contribution in [0.1, 0.15) is 38.5 Å². The van der Waals surface area contributed by atoms with Crippen molar-refractivity contribution in [2.45, 2.75) is 51.0 Å². The van der Waals surface area contributed by atoms with E-state index in [1.807, 2.05) is 7.05 Å². The van der Waals surface area contributed by atoms with E-state index in [-0.39, 0.29) is 6.04 Å². The molecule has 0 heterocycles. The van der Waals surface area contributed by atoms with Gasteiger partial charge in [-0.1, -0.05) is 0 Å². The van der Waals surface area contributed by atoms with Gasteiger partial charge in [-0.2, -0.15) is 0 Å². The van der Waals surface area contributed by atoms with Gasteiger partial charge in [0.15, 0.2) is 0 Å². The van der Waals surface area contributed by atoms with E-state index in [1.165, 1.54) is 38.5 Å². The topological polar surface area (TPSA) is 21.3 Å². The molecule has 4 bridgehead atoms. The van der Waals surface area contributed by atoms with E-state index in [0.29, 0.717) is 12.0 Å². The van der Waals surface area contributed by atoms with Gasteiger partial charge in [0.1, 0.15) is 6.61 Å². The fourth-order valence-corrected chi connectivity index (χ4v) is 5.45. The molecule has 19 heavy (non-hydrogen) atoms. The first-order valence-electron chi connectivity index (χ1n) is 7.64. The third-order valence-corrected chi connectivity index (χ3v) is 5.70. The van der Waals surface area contributed by atoms with Gasteiger partial charge in [-0.05, 0) is 68.7 Å². The number of alkyl halides is 2. The van der Waals surface area contributed by atoms with Gasteiger partial charge in [-0.15, -0.1) is 0 Å². The van der Waals surface area contributed by atoms with Gasteiger partial charge in [0.25, 0.3) is 6.43 Å². The molecule has 2 nitrogen and oxygen atoms in total. The Bertz CT molecular complexity index is 286. The summed E-state index contributed by atoms with van der Waals surface area (Å²) in [5, 5.41) is 3.36. The van der Waals surface area contributed by atoms with E-state index in [4.69, 9.17) is 4.74 Å². The van der Waals surface area contributed by atoms with Crippen molar-refractivity contribution >= 4 is 0 Å². The third-order valence-electron chi connectivity index (χ3n) is 5.70. The molecule has 110 valence electrons. The molecule has 4 aliphatic rings. The lowest BCUT2D eigenvalue weighted by Crippen LogP contribution is -2.56. The first kappa shape index (κ1) is 13.7. The largest absolute Gasteiger partial charge is 0.374 e. The molecule has 4 heteroatoms. The van der Waals surface area contributed by atoms with E-state index >= 15 is 0 Å². The number of hydrogen-bond donors (Lipinski definition) is 1. The van der Waals surface area contributed by atoms with Gasteiger partial charge in [-0.25, -0.2) is 8.78 Å². The number of nitrogens with one attached hydrogen (secondary N) is 1. The van der Waals surface area contributed by atoms with E-state index in [0.717, 1.165) is 17.8 Å². The maximum absolute atomic E-state index is 12.2.